The zero-order chi connectivity index (χ0) is 16.5. The molecule has 1 aliphatic heterocycles. The Bertz CT molecular complexity index is 694. The molecular formula is C18H25N5O. The summed E-state index contributed by atoms with van der Waals surface area (Å²) in [6.07, 6.45) is 6.01. The first-order chi connectivity index (χ1) is 11.7. The molecule has 6 heteroatoms. The van der Waals surface area contributed by atoms with E-state index in [4.69, 9.17) is 0 Å². The van der Waals surface area contributed by atoms with E-state index in [1.807, 2.05) is 31.2 Å². The van der Waals surface area contributed by atoms with Gasteiger partial charge in [0.25, 0.3) is 0 Å². The molecule has 1 aliphatic carbocycles. The number of hydrazine groups is 1. The molecule has 1 amide bonds. The summed E-state index contributed by atoms with van der Waals surface area (Å²) in [7, 11) is 0. The predicted octanol–water partition coefficient (Wildman–Crippen LogP) is 2.17. The lowest BCUT2D eigenvalue weighted by Gasteiger charge is -2.21. The highest BCUT2D eigenvalue weighted by Crippen LogP contribution is 2.29. The lowest BCUT2D eigenvalue weighted by molar-refractivity contribution is -0.124. The van der Waals surface area contributed by atoms with Crippen LogP contribution in [0, 0.1) is 5.92 Å². The molecule has 4 N–H and O–H groups in total. The molecule has 1 aromatic carbocycles. The highest BCUT2D eigenvalue weighted by atomic mass is 16.2. The third kappa shape index (κ3) is 2.91. The molecule has 6 nitrogen and oxygen atoms in total. The second kappa shape index (κ2) is 6.53. The summed E-state index contributed by atoms with van der Waals surface area (Å²) >= 11 is 0. The van der Waals surface area contributed by atoms with Crippen molar-refractivity contribution in [3.63, 3.8) is 0 Å². The Morgan fingerprint density at radius 3 is 2.92 bits per heavy atom. The van der Waals surface area contributed by atoms with Crippen molar-refractivity contribution in [2.24, 2.45) is 5.92 Å². The normalized spacial score (nSPS) is 28.3. The van der Waals surface area contributed by atoms with Gasteiger partial charge in [-0.25, -0.2) is 10.4 Å². The smallest absolute Gasteiger partial charge is 0.239 e. The van der Waals surface area contributed by atoms with Gasteiger partial charge in [0.2, 0.25) is 5.91 Å². The van der Waals surface area contributed by atoms with Crippen LogP contribution in [0.1, 0.15) is 50.9 Å². The van der Waals surface area contributed by atoms with Crippen molar-refractivity contribution in [1.29, 1.82) is 0 Å². The molecule has 128 valence electrons. The summed E-state index contributed by atoms with van der Waals surface area (Å²) in [4.78, 5) is 20.6. The number of para-hydroxylation sites is 2. The lowest BCUT2D eigenvalue weighted by Crippen LogP contribution is -2.46. The number of hydrogen-bond donors (Lipinski definition) is 4. The Morgan fingerprint density at radius 1 is 1.21 bits per heavy atom. The first-order valence-electron chi connectivity index (χ1n) is 8.98. The summed E-state index contributed by atoms with van der Waals surface area (Å²) in [5.41, 5.74) is 8.47. The molecule has 2 aliphatic rings. The molecule has 4 unspecified atom stereocenters. The minimum absolute atomic E-state index is 0.0601. The Morgan fingerprint density at radius 2 is 2.04 bits per heavy atom. The number of carbonyl (C=O) groups excluding carboxylic acids is 1. The third-order valence-electron chi connectivity index (χ3n) is 5.38. The predicted molar refractivity (Wildman–Crippen MR) is 93.1 cm³/mol. The van der Waals surface area contributed by atoms with Crippen molar-refractivity contribution in [3.8, 4) is 0 Å². The fraction of sp³-hybridized carbons (Fsp3) is 0.556. The molecule has 1 saturated heterocycles. The maximum Gasteiger partial charge on any atom is 0.239 e. The second-order valence-electron chi connectivity index (χ2n) is 7.04. The third-order valence-corrected chi connectivity index (χ3v) is 5.38. The molecule has 2 fully saturated rings. The number of benzene rings is 1. The summed E-state index contributed by atoms with van der Waals surface area (Å²) in [5.74, 6) is 1.24. The average molecular weight is 327 g/mol. The van der Waals surface area contributed by atoms with Crippen LogP contribution in [0.3, 0.4) is 0 Å². The van der Waals surface area contributed by atoms with Crippen molar-refractivity contribution in [3.05, 3.63) is 30.1 Å². The van der Waals surface area contributed by atoms with Gasteiger partial charge in [-0.05, 0) is 31.9 Å². The first-order valence-corrected chi connectivity index (χ1v) is 8.98. The number of rotatable bonds is 3. The zero-order valence-electron chi connectivity index (χ0n) is 14.0. The Balaban J connectivity index is 1.45. The molecule has 2 heterocycles. The molecule has 0 radical (unpaired) electrons. The van der Waals surface area contributed by atoms with Gasteiger partial charge in [0.15, 0.2) is 0 Å². The standard InChI is InChI=1S/C18H25N5O/c1-11(17-20-14-9-5-6-10-15(14)21-17)19-18(24)16-12-7-3-2-4-8-13(12)22-23-16/h5-6,9-13,16,22-23H,2-4,7-8H2,1H3,(H,19,24)(H,20,21). The quantitative estimate of drug-likeness (QED) is 0.696. The number of nitrogens with one attached hydrogen (secondary N) is 4. The molecule has 1 saturated carbocycles. The zero-order valence-corrected chi connectivity index (χ0v) is 14.0. The molecular weight excluding hydrogens is 302 g/mol. The van der Waals surface area contributed by atoms with Gasteiger partial charge in [-0.1, -0.05) is 31.4 Å². The van der Waals surface area contributed by atoms with Gasteiger partial charge >= 0.3 is 0 Å². The number of amides is 1. The van der Waals surface area contributed by atoms with Crippen molar-refractivity contribution in [2.45, 2.75) is 57.2 Å². The van der Waals surface area contributed by atoms with Gasteiger partial charge in [-0.2, -0.15) is 0 Å². The van der Waals surface area contributed by atoms with E-state index in [1.54, 1.807) is 0 Å². The maximum atomic E-state index is 12.8. The van der Waals surface area contributed by atoms with Crippen LogP contribution in [0.2, 0.25) is 0 Å². The van der Waals surface area contributed by atoms with Crippen molar-refractivity contribution >= 4 is 16.9 Å². The lowest BCUT2D eigenvalue weighted by atomic mass is 9.89. The monoisotopic (exact) mass is 327 g/mol. The van der Waals surface area contributed by atoms with Crippen LogP contribution in [0.4, 0.5) is 0 Å². The van der Waals surface area contributed by atoms with Crippen molar-refractivity contribution in [1.82, 2.24) is 26.1 Å². The van der Waals surface area contributed by atoms with Gasteiger partial charge < -0.3 is 10.3 Å². The Hall–Kier alpha value is -1.92. The molecule has 4 rings (SSSR count). The second-order valence-corrected chi connectivity index (χ2v) is 7.04. The van der Waals surface area contributed by atoms with Crippen LogP contribution in [0.15, 0.2) is 24.3 Å². The molecule has 24 heavy (non-hydrogen) atoms. The molecule has 0 spiro atoms. The number of fused-ring (bicyclic) bond motifs is 2. The van der Waals surface area contributed by atoms with E-state index in [0.717, 1.165) is 29.7 Å². The van der Waals surface area contributed by atoms with Crippen LogP contribution < -0.4 is 16.2 Å². The van der Waals surface area contributed by atoms with E-state index in [1.165, 1.54) is 19.3 Å². The van der Waals surface area contributed by atoms with E-state index in [0.29, 0.717) is 12.0 Å². The number of hydrogen-bond acceptors (Lipinski definition) is 4. The highest BCUT2D eigenvalue weighted by Gasteiger charge is 2.40. The fourth-order valence-electron chi connectivity index (χ4n) is 4.03. The van der Waals surface area contributed by atoms with Gasteiger partial charge in [0, 0.05) is 12.0 Å². The van der Waals surface area contributed by atoms with E-state index in [2.05, 4.69) is 26.1 Å². The number of H-pyrrole nitrogens is 1. The van der Waals surface area contributed by atoms with Crippen LogP contribution in [0.5, 0.6) is 0 Å². The van der Waals surface area contributed by atoms with Crippen LogP contribution in [-0.2, 0) is 4.79 Å². The van der Waals surface area contributed by atoms with Crippen molar-refractivity contribution < 1.29 is 4.79 Å². The van der Waals surface area contributed by atoms with Gasteiger partial charge in [-0.15, -0.1) is 0 Å². The highest BCUT2D eigenvalue weighted by molar-refractivity contribution is 5.83. The summed E-state index contributed by atoms with van der Waals surface area (Å²) in [5, 5.41) is 3.12. The first kappa shape index (κ1) is 15.6. The minimum atomic E-state index is -0.153. The van der Waals surface area contributed by atoms with Crippen LogP contribution in [0.25, 0.3) is 11.0 Å². The maximum absolute atomic E-state index is 12.8. The average Bonchev–Trinajstić information content (AvgIpc) is 3.12. The molecule has 0 bridgehead atoms. The number of aromatic amines is 1. The van der Waals surface area contributed by atoms with Crippen LogP contribution in [-0.4, -0.2) is 28.0 Å². The SMILES string of the molecule is CC(NC(=O)C1NNC2CCCCCC21)c1nc2ccccc2[nH]1. The summed E-state index contributed by atoms with van der Waals surface area (Å²) in [6.45, 7) is 1.97. The summed E-state index contributed by atoms with van der Waals surface area (Å²) in [6, 6.07) is 8.05. The topological polar surface area (TPSA) is 81.8 Å². The Labute approximate surface area is 141 Å². The van der Waals surface area contributed by atoms with E-state index >= 15 is 0 Å². The summed E-state index contributed by atoms with van der Waals surface area (Å²) < 4.78 is 0. The van der Waals surface area contributed by atoms with Gasteiger partial charge in [0.05, 0.1) is 17.1 Å². The largest absolute Gasteiger partial charge is 0.345 e. The van der Waals surface area contributed by atoms with Gasteiger partial charge in [0.1, 0.15) is 11.9 Å². The Kier molecular flexibility index (Phi) is 4.24. The molecule has 2 aromatic rings. The molecule has 4 atom stereocenters. The van der Waals surface area contributed by atoms with Crippen LogP contribution >= 0.6 is 0 Å². The van der Waals surface area contributed by atoms with E-state index in [9.17, 15) is 4.79 Å². The van der Waals surface area contributed by atoms with Gasteiger partial charge in [-0.3, -0.25) is 10.2 Å². The molecule has 1 aromatic heterocycles. The van der Waals surface area contributed by atoms with E-state index < -0.39 is 0 Å². The van der Waals surface area contributed by atoms with E-state index in [-0.39, 0.29) is 18.0 Å². The number of nitrogens with zero attached hydrogens (tertiary/aromatic N) is 1. The number of aromatic nitrogens is 2. The fourth-order valence-corrected chi connectivity index (χ4v) is 4.03. The number of imidazole rings is 1. The van der Waals surface area contributed by atoms with Crippen molar-refractivity contribution in [2.75, 3.05) is 0 Å². The minimum Gasteiger partial charge on any atom is -0.345 e. The number of carbonyl (C=O) groups is 1.